The number of benzene rings is 2. The quantitative estimate of drug-likeness (QED) is 0.698. The zero-order valence-corrected chi connectivity index (χ0v) is 13.3. The van der Waals surface area contributed by atoms with Gasteiger partial charge in [0.15, 0.2) is 5.16 Å². The highest BCUT2D eigenvalue weighted by atomic mass is 32.2. The Kier molecular flexibility index (Phi) is 5.10. The summed E-state index contributed by atoms with van der Waals surface area (Å²) >= 11 is 1.47. The van der Waals surface area contributed by atoms with Crippen molar-refractivity contribution in [3.63, 3.8) is 0 Å². The summed E-state index contributed by atoms with van der Waals surface area (Å²) in [5, 5.41) is 10.3. The molecule has 1 N–H and O–H groups in total. The molecule has 0 bridgehead atoms. The average molecular weight is 328 g/mol. The van der Waals surface area contributed by atoms with Crippen molar-refractivity contribution < 1.29 is 9.50 Å². The summed E-state index contributed by atoms with van der Waals surface area (Å²) in [7, 11) is 0. The third kappa shape index (κ3) is 3.81. The molecule has 0 unspecified atom stereocenters. The average Bonchev–Trinajstić information content (AvgIpc) is 2.97. The molecule has 0 spiro atoms. The minimum Gasteiger partial charge on any atom is -0.390 e. The van der Waals surface area contributed by atoms with Crippen LogP contribution in [0.2, 0.25) is 0 Å². The van der Waals surface area contributed by atoms with Crippen LogP contribution in [0.15, 0.2) is 66.0 Å². The Bertz CT molecular complexity index is 774. The van der Waals surface area contributed by atoms with Crippen LogP contribution in [-0.4, -0.2) is 14.7 Å². The second-order valence-electron chi connectivity index (χ2n) is 5.14. The molecule has 3 aromatic rings. The van der Waals surface area contributed by atoms with Gasteiger partial charge in [-0.05, 0) is 17.2 Å². The standard InChI is InChI=1S/C18H17FN2OS/c19-17-9-5-4-8-15(17)13-23-18-20-10-16(12-22)21(18)11-14-6-2-1-3-7-14/h1-10,22H,11-13H2. The third-order valence-corrected chi connectivity index (χ3v) is 4.60. The molecular formula is C18H17FN2OS. The van der Waals surface area contributed by atoms with Crippen molar-refractivity contribution in [2.24, 2.45) is 0 Å². The van der Waals surface area contributed by atoms with E-state index in [0.29, 0.717) is 17.9 Å². The predicted octanol–water partition coefficient (Wildman–Crippen LogP) is 3.86. The fraction of sp³-hybridized carbons (Fsp3) is 0.167. The molecule has 5 heteroatoms. The number of rotatable bonds is 6. The lowest BCUT2D eigenvalue weighted by atomic mass is 10.2. The zero-order chi connectivity index (χ0) is 16.1. The van der Waals surface area contributed by atoms with E-state index in [0.717, 1.165) is 16.4 Å². The van der Waals surface area contributed by atoms with Gasteiger partial charge in [0.2, 0.25) is 0 Å². The molecule has 0 saturated heterocycles. The number of nitrogens with zero attached hydrogens (tertiary/aromatic N) is 2. The number of thioether (sulfide) groups is 1. The smallest absolute Gasteiger partial charge is 0.168 e. The Hall–Kier alpha value is -2.11. The maximum absolute atomic E-state index is 13.7. The Labute approximate surface area is 138 Å². The molecule has 0 radical (unpaired) electrons. The van der Waals surface area contributed by atoms with Crippen molar-refractivity contribution in [1.82, 2.24) is 9.55 Å². The number of aliphatic hydroxyl groups is 1. The van der Waals surface area contributed by atoms with E-state index < -0.39 is 0 Å². The fourth-order valence-electron chi connectivity index (χ4n) is 2.33. The van der Waals surface area contributed by atoms with Gasteiger partial charge in [0.1, 0.15) is 5.82 Å². The van der Waals surface area contributed by atoms with Crippen molar-refractivity contribution >= 4 is 11.8 Å². The van der Waals surface area contributed by atoms with Crippen molar-refractivity contribution in [2.45, 2.75) is 24.1 Å². The third-order valence-electron chi connectivity index (χ3n) is 3.56. The Morgan fingerprint density at radius 2 is 1.78 bits per heavy atom. The first-order chi connectivity index (χ1) is 11.3. The van der Waals surface area contributed by atoms with Crippen LogP contribution in [0.25, 0.3) is 0 Å². The molecule has 0 amide bonds. The predicted molar refractivity (Wildman–Crippen MR) is 89.7 cm³/mol. The molecule has 2 aromatic carbocycles. The number of hydrogen-bond donors (Lipinski definition) is 1. The lowest BCUT2D eigenvalue weighted by Gasteiger charge is -2.11. The van der Waals surface area contributed by atoms with Crippen molar-refractivity contribution in [3.8, 4) is 0 Å². The van der Waals surface area contributed by atoms with Crippen LogP contribution in [-0.2, 0) is 18.9 Å². The summed E-state index contributed by atoms with van der Waals surface area (Å²) in [6.45, 7) is 0.566. The van der Waals surface area contributed by atoms with E-state index in [4.69, 9.17) is 0 Å². The van der Waals surface area contributed by atoms with Crippen molar-refractivity contribution in [3.05, 3.63) is 83.4 Å². The molecule has 118 valence electrons. The maximum Gasteiger partial charge on any atom is 0.168 e. The molecule has 1 heterocycles. The summed E-state index contributed by atoms with van der Waals surface area (Å²) in [6.07, 6.45) is 1.67. The summed E-state index contributed by atoms with van der Waals surface area (Å²) in [6, 6.07) is 16.8. The van der Waals surface area contributed by atoms with Gasteiger partial charge in [-0.3, -0.25) is 0 Å². The molecule has 0 aliphatic carbocycles. The number of aromatic nitrogens is 2. The molecule has 0 saturated carbocycles. The van der Waals surface area contributed by atoms with Gasteiger partial charge in [-0.25, -0.2) is 9.37 Å². The lowest BCUT2D eigenvalue weighted by Crippen LogP contribution is -2.06. The van der Waals surface area contributed by atoms with E-state index in [-0.39, 0.29) is 12.4 Å². The molecular weight excluding hydrogens is 311 g/mol. The Morgan fingerprint density at radius 1 is 1.04 bits per heavy atom. The van der Waals surface area contributed by atoms with Crippen molar-refractivity contribution in [1.29, 1.82) is 0 Å². The number of imidazole rings is 1. The zero-order valence-electron chi connectivity index (χ0n) is 12.5. The van der Waals surface area contributed by atoms with Crippen molar-refractivity contribution in [2.75, 3.05) is 0 Å². The van der Waals surface area contributed by atoms with Crippen LogP contribution < -0.4 is 0 Å². The Balaban J connectivity index is 1.80. The normalized spacial score (nSPS) is 10.9. The van der Waals surface area contributed by atoms with Crippen LogP contribution in [0.5, 0.6) is 0 Å². The topological polar surface area (TPSA) is 38.1 Å². The molecule has 3 nitrogen and oxygen atoms in total. The van der Waals surface area contributed by atoms with E-state index in [1.807, 2.05) is 41.0 Å². The number of halogens is 1. The van der Waals surface area contributed by atoms with E-state index in [2.05, 4.69) is 4.98 Å². The second kappa shape index (κ2) is 7.44. The second-order valence-corrected chi connectivity index (χ2v) is 6.08. The highest BCUT2D eigenvalue weighted by Crippen LogP contribution is 2.25. The first kappa shape index (κ1) is 15.8. The fourth-order valence-corrected chi connectivity index (χ4v) is 3.31. The van der Waals surface area contributed by atoms with Gasteiger partial charge < -0.3 is 9.67 Å². The molecule has 0 atom stereocenters. The number of aliphatic hydroxyl groups excluding tert-OH is 1. The van der Waals surface area contributed by atoms with Gasteiger partial charge in [-0.15, -0.1) is 0 Å². The first-order valence-corrected chi connectivity index (χ1v) is 8.32. The van der Waals surface area contributed by atoms with Crippen LogP contribution >= 0.6 is 11.8 Å². The SMILES string of the molecule is OCc1cnc(SCc2ccccc2F)n1Cc1ccccc1. The molecule has 0 fully saturated rings. The summed E-state index contributed by atoms with van der Waals surface area (Å²) in [5.74, 6) is 0.298. The van der Waals surface area contributed by atoms with Gasteiger partial charge in [0.05, 0.1) is 18.5 Å². The molecule has 1 aromatic heterocycles. The largest absolute Gasteiger partial charge is 0.390 e. The molecule has 23 heavy (non-hydrogen) atoms. The van der Waals surface area contributed by atoms with Gasteiger partial charge in [0, 0.05) is 12.3 Å². The highest BCUT2D eigenvalue weighted by molar-refractivity contribution is 7.98. The minimum atomic E-state index is -0.205. The monoisotopic (exact) mass is 328 g/mol. The Morgan fingerprint density at radius 3 is 2.52 bits per heavy atom. The molecule has 0 aliphatic heterocycles. The van der Waals surface area contributed by atoms with Crippen LogP contribution in [0.1, 0.15) is 16.8 Å². The van der Waals surface area contributed by atoms with Crippen LogP contribution in [0.3, 0.4) is 0 Å². The van der Waals surface area contributed by atoms with E-state index in [9.17, 15) is 9.50 Å². The van der Waals surface area contributed by atoms with Gasteiger partial charge in [-0.2, -0.15) is 0 Å². The van der Waals surface area contributed by atoms with Gasteiger partial charge >= 0.3 is 0 Å². The van der Waals surface area contributed by atoms with Gasteiger partial charge in [0.25, 0.3) is 0 Å². The highest BCUT2D eigenvalue weighted by Gasteiger charge is 2.11. The minimum absolute atomic E-state index is 0.0694. The maximum atomic E-state index is 13.7. The van der Waals surface area contributed by atoms with Gasteiger partial charge in [-0.1, -0.05) is 60.3 Å². The van der Waals surface area contributed by atoms with E-state index in [1.165, 1.54) is 17.8 Å². The van der Waals surface area contributed by atoms with Crippen LogP contribution in [0.4, 0.5) is 4.39 Å². The van der Waals surface area contributed by atoms with E-state index >= 15 is 0 Å². The number of hydrogen-bond acceptors (Lipinski definition) is 3. The van der Waals surface area contributed by atoms with E-state index in [1.54, 1.807) is 18.3 Å². The molecule has 3 rings (SSSR count). The lowest BCUT2D eigenvalue weighted by molar-refractivity contribution is 0.270. The first-order valence-electron chi connectivity index (χ1n) is 7.33. The summed E-state index contributed by atoms with van der Waals surface area (Å²) in [5.41, 5.74) is 2.54. The van der Waals surface area contributed by atoms with Crippen LogP contribution in [0, 0.1) is 5.82 Å². The summed E-state index contributed by atoms with van der Waals surface area (Å²) in [4.78, 5) is 4.37. The molecule has 0 aliphatic rings. The summed E-state index contributed by atoms with van der Waals surface area (Å²) < 4.78 is 15.7.